The van der Waals surface area contributed by atoms with Crippen molar-refractivity contribution in [1.82, 2.24) is 4.90 Å². The zero-order valence-corrected chi connectivity index (χ0v) is 7.16. The highest BCUT2D eigenvalue weighted by molar-refractivity contribution is 5.73. The Morgan fingerprint density at radius 3 is 3.00 bits per heavy atom. The Hall–Kier alpha value is -1.06. The molecular weight excluding hydrogens is 158 g/mol. The van der Waals surface area contributed by atoms with Crippen LogP contribution in [-0.4, -0.2) is 37.0 Å². The van der Waals surface area contributed by atoms with Crippen LogP contribution in [0.25, 0.3) is 0 Å². The van der Waals surface area contributed by atoms with Gasteiger partial charge in [0.25, 0.3) is 6.47 Å². The Morgan fingerprint density at radius 2 is 2.50 bits per heavy atom. The van der Waals surface area contributed by atoms with Gasteiger partial charge in [-0.05, 0) is 6.42 Å². The monoisotopic (exact) mass is 171 g/mol. The molecule has 4 heteroatoms. The number of likely N-dealkylation sites (tertiary alicyclic amines) is 1. The molecule has 1 amide bonds. The molecule has 1 aliphatic heterocycles. The smallest absolute Gasteiger partial charge is 0.293 e. The van der Waals surface area contributed by atoms with Crippen molar-refractivity contribution in [3.8, 4) is 0 Å². The predicted molar refractivity (Wildman–Crippen MR) is 42.4 cm³/mol. The summed E-state index contributed by atoms with van der Waals surface area (Å²) in [5.74, 6) is 0.433. The minimum atomic E-state index is 0.101. The first-order valence-corrected chi connectivity index (χ1v) is 4.05. The number of ether oxygens (including phenoxy) is 1. The zero-order valence-electron chi connectivity index (χ0n) is 7.16. The Morgan fingerprint density at radius 1 is 1.75 bits per heavy atom. The molecule has 12 heavy (non-hydrogen) atoms. The van der Waals surface area contributed by atoms with Crippen LogP contribution in [0, 0.1) is 5.92 Å². The standard InChI is InChI=1S/C8H13NO3/c1-7(11)9-3-2-8(4-9)5-12-6-10/h6,8H,2-5H2,1H3. The summed E-state index contributed by atoms with van der Waals surface area (Å²) >= 11 is 0. The van der Waals surface area contributed by atoms with Crippen molar-refractivity contribution in [3.05, 3.63) is 0 Å². The summed E-state index contributed by atoms with van der Waals surface area (Å²) in [5, 5.41) is 0. The first kappa shape index (κ1) is 9.03. The van der Waals surface area contributed by atoms with E-state index in [1.807, 2.05) is 0 Å². The van der Waals surface area contributed by atoms with Crippen LogP contribution in [0.2, 0.25) is 0 Å². The lowest BCUT2D eigenvalue weighted by molar-refractivity contribution is -0.130. The molecule has 1 aliphatic rings. The summed E-state index contributed by atoms with van der Waals surface area (Å²) < 4.78 is 4.63. The molecule has 0 spiro atoms. The maximum atomic E-state index is 10.9. The zero-order chi connectivity index (χ0) is 8.97. The molecule has 1 fully saturated rings. The second kappa shape index (κ2) is 4.09. The molecule has 0 N–H and O–H groups in total. The molecule has 1 atom stereocenters. The van der Waals surface area contributed by atoms with E-state index < -0.39 is 0 Å². The maximum Gasteiger partial charge on any atom is 0.293 e. The van der Waals surface area contributed by atoms with E-state index in [4.69, 9.17) is 0 Å². The van der Waals surface area contributed by atoms with Gasteiger partial charge in [0.15, 0.2) is 0 Å². The summed E-state index contributed by atoms with van der Waals surface area (Å²) in [6.07, 6.45) is 0.938. The summed E-state index contributed by atoms with van der Waals surface area (Å²) in [5.41, 5.74) is 0. The van der Waals surface area contributed by atoms with Crippen molar-refractivity contribution in [2.45, 2.75) is 13.3 Å². The molecule has 0 aromatic heterocycles. The van der Waals surface area contributed by atoms with E-state index in [0.717, 1.165) is 19.5 Å². The largest absolute Gasteiger partial charge is 0.468 e. The van der Waals surface area contributed by atoms with Crippen molar-refractivity contribution in [2.75, 3.05) is 19.7 Å². The van der Waals surface area contributed by atoms with Crippen molar-refractivity contribution >= 4 is 12.4 Å². The quantitative estimate of drug-likeness (QED) is 0.563. The Kier molecular flexibility index (Phi) is 3.08. The number of nitrogens with zero attached hydrogens (tertiary/aromatic N) is 1. The third-order valence-electron chi connectivity index (χ3n) is 2.13. The number of amides is 1. The van der Waals surface area contributed by atoms with Gasteiger partial charge in [0, 0.05) is 25.9 Å². The Labute approximate surface area is 71.5 Å². The molecule has 1 heterocycles. The SMILES string of the molecule is CC(=O)N1CCC(COC=O)C1. The predicted octanol–water partition coefficient (Wildman–Crippen LogP) is 0.0278. The van der Waals surface area contributed by atoms with E-state index in [9.17, 15) is 9.59 Å². The van der Waals surface area contributed by atoms with E-state index in [1.165, 1.54) is 0 Å². The van der Waals surface area contributed by atoms with E-state index in [-0.39, 0.29) is 5.91 Å². The average Bonchev–Trinajstić information content (AvgIpc) is 2.48. The topological polar surface area (TPSA) is 46.6 Å². The van der Waals surface area contributed by atoms with Gasteiger partial charge in [-0.15, -0.1) is 0 Å². The molecule has 0 saturated carbocycles. The highest BCUT2D eigenvalue weighted by Gasteiger charge is 2.24. The lowest BCUT2D eigenvalue weighted by Gasteiger charge is -2.12. The van der Waals surface area contributed by atoms with Gasteiger partial charge in [0.1, 0.15) is 0 Å². The Balaban J connectivity index is 2.25. The fourth-order valence-electron chi connectivity index (χ4n) is 1.43. The molecule has 0 aromatic rings. The van der Waals surface area contributed by atoms with Gasteiger partial charge in [0.2, 0.25) is 5.91 Å². The average molecular weight is 171 g/mol. The van der Waals surface area contributed by atoms with Crippen LogP contribution in [0.5, 0.6) is 0 Å². The minimum absolute atomic E-state index is 0.101. The van der Waals surface area contributed by atoms with E-state index in [1.54, 1.807) is 11.8 Å². The van der Waals surface area contributed by atoms with Crippen molar-refractivity contribution < 1.29 is 14.3 Å². The molecule has 68 valence electrons. The molecule has 0 radical (unpaired) electrons. The molecule has 1 rings (SSSR count). The maximum absolute atomic E-state index is 10.9. The molecule has 4 nitrogen and oxygen atoms in total. The highest BCUT2D eigenvalue weighted by atomic mass is 16.5. The van der Waals surface area contributed by atoms with E-state index >= 15 is 0 Å². The first-order chi connectivity index (χ1) is 5.74. The molecule has 0 aliphatic carbocycles. The van der Waals surface area contributed by atoms with Crippen LogP contribution in [0.1, 0.15) is 13.3 Å². The van der Waals surface area contributed by atoms with Crippen LogP contribution < -0.4 is 0 Å². The minimum Gasteiger partial charge on any atom is -0.468 e. The molecule has 0 bridgehead atoms. The van der Waals surface area contributed by atoms with Crippen molar-refractivity contribution in [1.29, 1.82) is 0 Å². The molecule has 1 unspecified atom stereocenters. The highest BCUT2D eigenvalue weighted by Crippen LogP contribution is 2.15. The fraction of sp³-hybridized carbons (Fsp3) is 0.750. The summed E-state index contributed by atoms with van der Waals surface area (Å²) in [4.78, 5) is 22.5. The summed E-state index contributed by atoms with van der Waals surface area (Å²) in [6, 6.07) is 0. The lowest BCUT2D eigenvalue weighted by Crippen LogP contribution is -2.26. The van der Waals surface area contributed by atoms with Crippen LogP contribution >= 0.6 is 0 Å². The first-order valence-electron chi connectivity index (χ1n) is 4.05. The van der Waals surface area contributed by atoms with Gasteiger partial charge in [-0.2, -0.15) is 0 Å². The number of hydrogen-bond acceptors (Lipinski definition) is 3. The molecule has 0 aromatic carbocycles. The molecular formula is C8H13NO3. The lowest BCUT2D eigenvalue weighted by atomic mass is 10.1. The Bertz CT molecular complexity index is 181. The van der Waals surface area contributed by atoms with Gasteiger partial charge < -0.3 is 9.64 Å². The number of rotatable bonds is 3. The summed E-state index contributed by atoms with van der Waals surface area (Å²) in [7, 11) is 0. The van der Waals surface area contributed by atoms with Gasteiger partial charge >= 0.3 is 0 Å². The van der Waals surface area contributed by atoms with Crippen molar-refractivity contribution in [3.63, 3.8) is 0 Å². The van der Waals surface area contributed by atoms with Crippen LogP contribution in [0.3, 0.4) is 0 Å². The van der Waals surface area contributed by atoms with Gasteiger partial charge in [0.05, 0.1) is 6.61 Å². The van der Waals surface area contributed by atoms with Gasteiger partial charge in [-0.3, -0.25) is 9.59 Å². The second-order valence-corrected chi connectivity index (χ2v) is 3.05. The third-order valence-corrected chi connectivity index (χ3v) is 2.13. The molecule has 1 saturated heterocycles. The third kappa shape index (κ3) is 2.22. The van der Waals surface area contributed by atoms with E-state index in [2.05, 4.69) is 4.74 Å². The number of hydrogen-bond donors (Lipinski definition) is 0. The second-order valence-electron chi connectivity index (χ2n) is 3.05. The van der Waals surface area contributed by atoms with Crippen LogP contribution in [0.4, 0.5) is 0 Å². The van der Waals surface area contributed by atoms with Gasteiger partial charge in [-0.25, -0.2) is 0 Å². The van der Waals surface area contributed by atoms with Crippen molar-refractivity contribution in [2.24, 2.45) is 5.92 Å². The van der Waals surface area contributed by atoms with Crippen LogP contribution in [0.15, 0.2) is 0 Å². The number of carbonyl (C=O) groups excluding carboxylic acids is 2. The van der Waals surface area contributed by atoms with E-state index in [0.29, 0.717) is 19.0 Å². The number of carbonyl (C=O) groups is 2. The fourth-order valence-corrected chi connectivity index (χ4v) is 1.43. The van der Waals surface area contributed by atoms with Gasteiger partial charge in [-0.1, -0.05) is 0 Å². The summed E-state index contributed by atoms with van der Waals surface area (Å²) in [6.45, 7) is 3.97. The van der Waals surface area contributed by atoms with Crippen LogP contribution in [-0.2, 0) is 14.3 Å². The normalized spacial score (nSPS) is 22.4.